The summed E-state index contributed by atoms with van der Waals surface area (Å²) in [5.74, 6) is 0.676. The highest BCUT2D eigenvalue weighted by atomic mass is 19.4. The third-order valence-electron chi connectivity index (χ3n) is 6.93. The maximum Gasteiger partial charge on any atom is 0.416 e. The van der Waals surface area contributed by atoms with Crippen molar-refractivity contribution in [3.8, 4) is 0 Å². The SMILES string of the molecule is CN1CC=C(CN2CCC(N3Cc4ccccc4NC3=O)CC2)N=C1c1ccc(C(F)(F)F)cc1. The van der Waals surface area contributed by atoms with E-state index in [2.05, 4.69) is 22.4 Å². The van der Waals surface area contributed by atoms with Gasteiger partial charge in [-0.2, -0.15) is 13.2 Å². The Hall–Kier alpha value is -3.33. The van der Waals surface area contributed by atoms with E-state index >= 15 is 0 Å². The number of halogens is 3. The topological polar surface area (TPSA) is 51.2 Å². The number of aliphatic imine (C=N–C) groups is 1. The Morgan fingerprint density at radius 1 is 1.06 bits per heavy atom. The normalized spacial score (nSPS) is 19.7. The van der Waals surface area contributed by atoms with E-state index in [-0.39, 0.29) is 12.1 Å². The number of hydrogen-bond acceptors (Lipinski definition) is 4. The number of carbonyl (C=O) groups is 1. The Morgan fingerprint density at radius 3 is 2.49 bits per heavy atom. The number of piperidine rings is 1. The zero-order valence-electron chi connectivity index (χ0n) is 19.6. The minimum absolute atomic E-state index is 0.0361. The van der Waals surface area contributed by atoms with E-state index in [1.54, 1.807) is 0 Å². The Kier molecular flexibility index (Phi) is 6.27. The van der Waals surface area contributed by atoms with Gasteiger partial charge in [-0.15, -0.1) is 0 Å². The van der Waals surface area contributed by atoms with Crippen LogP contribution in [-0.4, -0.2) is 65.8 Å². The first-order chi connectivity index (χ1) is 16.8. The molecule has 3 aliphatic rings. The van der Waals surface area contributed by atoms with E-state index in [1.165, 1.54) is 12.1 Å². The molecule has 6 nitrogen and oxygen atoms in total. The van der Waals surface area contributed by atoms with Gasteiger partial charge in [0, 0.05) is 57.1 Å². The number of amidine groups is 1. The van der Waals surface area contributed by atoms with Gasteiger partial charge in [-0.05, 0) is 42.7 Å². The van der Waals surface area contributed by atoms with Crippen molar-refractivity contribution in [2.24, 2.45) is 4.99 Å². The van der Waals surface area contributed by atoms with Crippen molar-refractivity contribution in [1.82, 2.24) is 14.7 Å². The number of carbonyl (C=O) groups excluding carboxylic acids is 1. The molecule has 1 fully saturated rings. The van der Waals surface area contributed by atoms with Gasteiger partial charge < -0.3 is 15.1 Å². The Bertz CT molecular complexity index is 1150. The van der Waals surface area contributed by atoms with E-state index in [0.717, 1.165) is 55.0 Å². The summed E-state index contributed by atoms with van der Waals surface area (Å²) < 4.78 is 38.7. The highest BCUT2D eigenvalue weighted by Crippen LogP contribution is 2.30. The average Bonchev–Trinajstić information content (AvgIpc) is 2.85. The number of nitrogens with one attached hydrogen (secondary N) is 1. The maximum absolute atomic E-state index is 12.9. The van der Waals surface area contributed by atoms with Gasteiger partial charge >= 0.3 is 12.2 Å². The van der Waals surface area contributed by atoms with Crippen LogP contribution in [-0.2, 0) is 12.7 Å². The van der Waals surface area contributed by atoms with Crippen LogP contribution in [0.1, 0.15) is 29.5 Å². The monoisotopic (exact) mass is 483 g/mol. The zero-order valence-corrected chi connectivity index (χ0v) is 19.6. The number of amides is 2. The molecule has 2 amide bonds. The Balaban J connectivity index is 1.20. The number of rotatable bonds is 4. The first kappa shape index (κ1) is 23.4. The van der Waals surface area contributed by atoms with Crippen molar-refractivity contribution in [1.29, 1.82) is 0 Å². The lowest BCUT2D eigenvalue weighted by Gasteiger charge is -2.40. The molecule has 0 saturated carbocycles. The van der Waals surface area contributed by atoms with Crippen LogP contribution in [0.25, 0.3) is 0 Å². The molecule has 3 heterocycles. The average molecular weight is 484 g/mol. The van der Waals surface area contributed by atoms with Gasteiger partial charge in [0.15, 0.2) is 0 Å². The van der Waals surface area contributed by atoms with Crippen LogP contribution in [0.5, 0.6) is 0 Å². The van der Waals surface area contributed by atoms with Crippen LogP contribution in [0, 0.1) is 0 Å². The van der Waals surface area contributed by atoms with Crippen molar-refractivity contribution in [3.05, 3.63) is 77.0 Å². The third kappa shape index (κ3) is 5.05. The summed E-state index contributed by atoms with van der Waals surface area (Å²) in [6.45, 7) is 3.67. The molecule has 0 aliphatic carbocycles. The standard InChI is InChI=1S/C26H28F3N5O/c1-32-13-10-21(30-24(32)18-6-8-20(9-7-18)26(27,28)29)17-33-14-11-22(12-15-33)34-16-19-4-2-3-5-23(19)31-25(34)35/h2-10,22H,11-17H2,1H3,(H,31,35). The summed E-state index contributed by atoms with van der Waals surface area (Å²) in [5, 5.41) is 3.00. The van der Waals surface area contributed by atoms with Gasteiger partial charge in [0.2, 0.25) is 0 Å². The zero-order chi connectivity index (χ0) is 24.6. The fourth-order valence-electron chi connectivity index (χ4n) is 4.92. The summed E-state index contributed by atoms with van der Waals surface area (Å²) >= 11 is 0. The fraction of sp³-hybridized carbons (Fsp3) is 0.385. The van der Waals surface area contributed by atoms with Gasteiger partial charge in [-0.1, -0.05) is 30.3 Å². The molecule has 2 aromatic rings. The first-order valence-corrected chi connectivity index (χ1v) is 11.8. The predicted molar refractivity (Wildman–Crippen MR) is 129 cm³/mol. The highest BCUT2D eigenvalue weighted by Gasteiger charge is 2.32. The van der Waals surface area contributed by atoms with Crippen LogP contribution < -0.4 is 5.32 Å². The van der Waals surface area contributed by atoms with Gasteiger partial charge in [0.05, 0.1) is 11.3 Å². The Labute approximate surface area is 202 Å². The number of nitrogens with zero attached hydrogens (tertiary/aromatic N) is 4. The molecule has 0 aromatic heterocycles. The number of alkyl halides is 3. The predicted octanol–water partition coefficient (Wildman–Crippen LogP) is 4.79. The van der Waals surface area contributed by atoms with Crippen LogP contribution in [0.15, 0.2) is 65.3 Å². The summed E-state index contributed by atoms with van der Waals surface area (Å²) in [4.78, 5) is 23.6. The minimum Gasteiger partial charge on any atom is -0.355 e. The number of likely N-dealkylation sites (tertiary alicyclic amines) is 1. The number of para-hydroxylation sites is 1. The number of likely N-dealkylation sites (N-methyl/N-ethyl adjacent to an activating group) is 1. The number of benzene rings is 2. The second kappa shape index (κ2) is 9.37. The molecule has 1 N–H and O–H groups in total. The van der Waals surface area contributed by atoms with E-state index < -0.39 is 11.7 Å². The molecule has 2 aromatic carbocycles. The molecule has 0 bridgehead atoms. The van der Waals surface area contributed by atoms with Crippen molar-refractivity contribution < 1.29 is 18.0 Å². The molecule has 5 rings (SSSR count). The molecule has 3 aliphatic heterocycles. The molecule has 9 heteroatoms. The van der Waals surface area contributed by atoms with Gasteiger partial charge in [0.25, 0.3) is 0 Å². The number of hydrogen-bond donors (Lipinski definition) is 1. The minimum atomic E-state index is -4.35. The second-order valence-corrected chi connectivity index (χ2v) is 9.31. The summed E-state index contributed by atoms with van der Waals surface area (Å²) in [5.41, 5.74) is 2.95. The van der Waals surface area contributed by atoms with Crippen LogP contribution >= 0.6 is 0 Å². The molecule has 1 saturated heterocycles. The summed E-state index contributed by atoms with van der Waals surface area (Å²) in [6, 6.07) is 13.2. The lowest BCUT2D eigenvalue weighted by molar-refractivity contribution is -0.137. The van der Waals surface area contributed by atoms with Gasteiger partial charge in [-0.3, -0.25) is 4.90 Å². The molecular weight excluding hydrogens is 455 g/mol. The van der Waals surface area contributed by atoms with E-state index in [1.807, 2.05) is 35.0 Å². The lowest BCUT2D eigenvalue weighted by Crippen LogP contribution is -2.50. The van der Waals surface area contributed by atoms with Crippen molar-refractivity contribution in [3.63, 3.8) is 0 Å². The van der Waals surface area contributed by atoms with Crippen molar-refractivity contribution in [2.75, 3.05) is 38.5 Å². The first-order valence-electron chi connectivity index (χ1n) is 11.8. The molecule has 0 radical (unpaired) electrons. The van der Waals surface area contributed by atoms with E-state index in [9.17, 15) is 18.0 Å². The van der Waals surface area contributed by atoms with Gasteiger partial charge in [-0.25, -0.2) is 9.79 Å². The van der Waals surface area contributed by atoms with Gasteiger partial charge in [0.1, 0.15) is 5.84 Å². The van der Waals surface area contributed by atoms with Crippen LogP contribution in [0.3, 0.4) is 0 Å². The molecular formula is C26H28F3N5O. The van der Waals surface area contributed by atoms with Crippen LogP contribution in [0.4, 0.5) is 23.7 Å². The third-order valence-corrected chi connectivity index (χ3v) is 6.93. The van der Waals surface area contributed by atoms with Crippen LogP contribution in [0.2, 0.25) is 0 Å². The fourth-order valence-corrected chi connectivity index (χ4v) is 4.92. The van der Waals surface area contributed by atoms with Crippen molar-refractivity contribution in [2.45, 2.75) is 31.6 Å². The molecule has 0 atom stereocenters. The number of fused-ring (bicyclic) bond motifs is 1. The number of urea groups is 1. The summed E-state index contributed by atoms with van der Waals surface area (Å²) in [7, 11) is 1.89. The maximum atomic E-state index is 12.9. The Morgan fingerprint density at radius 2 is 1.77 bits per heavy atom. The molecule has 35 heavy (non-hydrogen) atoms. The molecule has 0 spiro atoms. The lowest BCUT2D eigenvalue weighted by atomic mass is 10.0. The van der Waals surface area contributed by atoms with E-state index in [4.69, 9.17) is 4.99 Å². The molecule has 184 valence electrons. The largest absolute Gasteiger partial charge is 0.416 e. The van der Waals surface area contributed by atoms with E-state index in [0.29, 0.717) is 31.0 Å². The second-order valence-electron chi connectivity index (χ2n) is 9.31. The molecule has 0 unspecified atom stereocenters. The smallest absolute Gasteiger partial charge is 0.355 e. The van der Waals surface area contributed by atoms with Crippen molar-refractivity contribution >= 4 is 17.6 Å². The quantitative estimate of drug-likeness (QED) is 0.680. The summed E-state index contributed by atoms with van der Waals surface area (Å²) in [6.07, 6.45) is -0.514. The highest BCUT2D eigenvalue weighted by molar-refractivity contribution is 6.00. The number of anilines is 1.